The van der Waals surface area contributed by atoms with Crippen LogP contribution in [0.25, 0.3) is 11.0 Å². The fourth-order valence-electron chi connectivity index (χ4n) is 1.78. The largest absolute Gasteiger partial charge is 0.433 e. The maximum Gasteiger partial charge on any atom is 0.433 e. The highest BCUT2D eigenvalue weighted by Gasteiger charge is 2.33. The fourth-order valence-corrected chi connectivity index (χ4v) is 1.78. The highest BCUT2D eigenvalue weighted by atomic mass is 19.4. The molecule has 0 saturated heterocycles. The van der Waals surface area contributed by atoms with Crippen molar-refractivity contribution in [3.8, 4) is 0 Å². The van der Waals surface area contributed by atoms with E-state index in [2.05, 4.69) is 9.97 Å². The van der Waals surface area contributed by atoms with Crippen LogP contribution in [0.3, 0.4) is 0 Å². The maximum atomic E-state index is 12.5. The molecule has 17 heavy (non-hydrogen) atoms. The molecule has 0 atom stereocenters. The average Bonchev–Trinajstić information content (AvgIpc) is 2.54. The van der Waals surface area contributed by atoms with Crippen LogP contribution in [0.5, 0.6) is 0 Å². The summed E-state index contributed by atoms with van der Waals surface area (Å²) in [6.45, 7) is 3.89. The molecule has 0 saturated carbocycles. The van der Waals surface area contributed by atoms with Crippen molar-refractivity contribution in [1.82, 2.24) is 14.5 Å². The zero-order valence-electron chi connectivity index (χ0n) is 9.71. The molecular formula is C11H12F3N3. The van der Waals surface area contributed by atoms with Crippen molar-refractivity contribution in [3.63, 3.8) is 0 Å². The summed E-state index contributed by atoms with van der Waals surface area (Å²) in [5, 5.41) is 0. The first kappa shape index (κ1) is 11.9. The first-order valence-corrected chi connectivity index (χ1v) is 5.20. The van der Waals surface area contributed by atoms with Gasteiger partial charge in [0.2, 0.25) is 0 Å². The first-order valence-electron chi connectivity index (χ1n) is 5.20. The van der Waals surface area contributed by atoms with Gasteiger partial charge in [-0.05, 0) is 6.07 Å². The number of rotatable bonds is 1. The van der Waals surface area contributed by atoms with Gasteiger partial charge in [-0.25, -0.2) is 9.97 Å². The zero-order valence-corrected chi connectivity index (χ0v) is 9.71. The zero-order chi connectivity index (χ0) is 12.8. The van der Waals surface area contributed by atoms with E-state index in [1.807, 2.05) is 13.8 Å². The fraction of sp³-hybridized carbons (Fsp3) is 0.455. The van der Waals surface area contributed by atoms with Crippen molar-refractivity contribution in [1.29, 1.82) is 0 Å². The van der Waals surface area contributed by atoms with E-state index in [1.54, 1.807) is 11.6 Å². The van der Waals surface area contributed by atoms with Gasteiger partial charge in [-0.2, -0.15) is 13.2 Å². The first-order chi connectivity index (χ1) is 7.80. The molecule has 0 aliphatic carbocycles. The predicted molar refractivity (Wildman–Crippen MR) is 57.6 cm³/mol. The number of aryl methyl sites for hydroxylation is 1. The second-order valence-corrected chi connectivity index (χ2v) is 4.24. The van der Waals surface area contributed by atoms with E-state index < -0.39 is 11.9 Å². The van der Waals surface area contributed by atoms with Gasteiger partial charge in [-0.15, -0.1) is 0 Å². The van der Waals surface area contributed by atoms with Crippen LogP contribution in [0.2, 0.25) is 0 Å². The number of alkyl halides is 3. The highest BCUT2D eigenvalue weighted by molar-refractivity contribution is 5.75. The van der Waals surface area contributed by atoms with E-state index in [1.165, 1.54) is 6.20 Å². The molecule has 92 valence electrons. The molecule has 3 nitrogen and oxygen atoms in total. The van der Waals surface area contributed by atoms with Crippen molar-refractivity contribution < 1.29 is 13.2 Å². The molecule has 0 unspecified atom stereocenters. The third-order valence-corrected chi connectivity index (χ3v) is 2.61. The number of imidazole rings is 1. The lowest BCUT2D eigenvalue weighted by molar-refractivity contribution is -0.141. The van der Waals surface area contributed by atoms with Gasteiger partial charge in [0.25, 0.3) is 0 Å². The minimum atomic E-state index is -4.43. The monoisotopic (exact) mass is 243 g/mol. The Hall–Kier alpha value is -1.59. The summed E-state index contributed by atoms with van der Waals surface area (Å²) in [6, 6.07) is 0.987. The van der Waals surface area contributed by atoms with Crippen LogP contribution in [-0.2, 0) is 13.2 Å². The van der Waals surface area contributed by atoms with Crippen LogP contribution in [0.1, 0.15) is 31.3 Å². The maximum absolute atomic E-state index is 12.5. The number of hydrogen-bond acceptors (Lipinski definition) is 2. The molecule has 2 aromatic heterocycles. The van der Waals surface area contributed by atoms with Crippen LogP contribution in [0.4, 0.5) is 13.2 Å². The highest BCUT2D eigenvalue weighted by Crippen LogP contribution is 2.30. The molecule has 0 spiro atoms. The third-order valence-electron chi connectivity index (χ3n) is 2.61. The Bertz CT molecular complexity index is 555. The molecule has 2 heterocycles. The lowest BCUT2D eigenvalue weighted by Gasteiger charge is -2.05. The number of halogens is 3. The molecule has 0 bridgehead atoms. The summed E-state index contributed by atoms with van der Waals surface area (Å²) in [4.78, 5) is 7.63. The summed E-state index contributed by atoms with van der Waals surface area (Å²) >= 11 is 0. The number of fused-ring (bicyclic) bond motifs is 1. The van der Waals surface area contributed by atoms with Crippen molar-refractivity contribution in [2.75, 3.05) is 0 Å². The van der Waals surface area contributed by atoms with Gasteiger partial charge in [0, 0.05) is 13.0 Å². The third kappa shape index (κ3) is 1.99. The van der Waals surface area contributed by atoms with E-state index in [4.69, 9.17) is 0 Å². The SMILES string of the molecule is CC(C)c1nc2cc(C(F)(F)F)ncc2n1C. The molecule has 0 N–H and O–H groups in total. The van der Waals surface area contributed by atoms with E-state index in [0.717, 1.165) is 11.9 Å². The summed E-state index contributed by atoms with van der Waals surface area (Å²) < 4.78 is 39.2. The quantitative estimate of drug-likeness (QED) is 0.770. The second kappa shape index (κ2) is 3.72. The van der Waals surface area contributed by atoms with Crippen molar-refractivity contribution in [2.45, 2.75) is 25.9 Å². The molecule has 0 fully saturated rings. The number of nitrogens with zero attached hydrogens (tertiary/aromatic N) is 3. The summed E-state index contributed by atoms with van der Waals surface area (Å²) in [7, 11) is 1.78. The molecular weight excluding hydrogens is 231 g/mol. The number of hydrogen-bond donors (Lipinski definition) is 0. The van der Waals surface area contributed by atoms with Crippen molar-refractivity contribution in [3.05, 3.63) is 23.8 Å². The van der Waals surface area contributed by atoms with E-state index in [-0.39, 0.29) is 5.92 Å². The van der Waals surface area contributed by atoms with Crippen LogP contribution in [-0.4, -0.2) is 14.5 Å². The molecule has 2 rings (SSSR count). The topological polar surface area (TPSA) is 30.7 Å². The van der Waals surface area contributed by atoms with Crippen LogP contribution < -0.4 is 0 Å². The summed E-state index contributed by atoms with van der Waals surface area (Å²) in [6.07, 6.45) is -3.21. The standard InChI is InChI=1S/C11H12F3N3/c1-6(2)10-16-7-4-9(11(12,13)14)15-5-8(7)17(10)3/h4-6H,1-3H3. The van der Waals surface area contributed by atoms with Crippen molar-refractivity contribution in [2.24, 2.45) is 7.05 Å². The minimum Gasteiger partial charge on any atom is -0.330 e. The Kier molecular flexibility index (Phi) is 2.60. The number of aromatic nitrogens is 3. The molecule has 2 aromatic rings. The van der Waals surface area contributed by atoms with Gasteiger partial charge in [-0.3, -0.25) is 0 Å². The van der Waals surface area contributed by atoms with E-state index >= 15 is 0 Å². The lowest BCUT2D eigenvalue weighted by Crippen LogP contribution is -2.07. The molecule has 0 aromatic carbocycles. The average molecular weight is 243 g/mol. The lowest BCUT2D eigenvalue weighted by atomic mass is 10.2. The van der Waals surface area contributed by atoms with Gasteiger partial charge in [0.05, 0.1) is 17.2 Å². The van der Waals surface area contributed by atoms with Gasteiger partial charge >= 0.3 is 6.18 Å². The number of pyridine rings is 1. The molecule has 0 aliphatic heterocycles. The molecule has 6 heteroatoms. The Morgan fingerprint density at radius 3 is 2.47 bits per heavy atom. The molecule has 0 radical (unpaired) electrons. The normalized spacial score (nSPS) is 12.6. The Morgan fingerprint density at radius 2 is 1.94 bits per heavy atom. The van der Waals surface area contributed by atoms with Crippen LogP contribution in [0, 0.1) is 0 Å². The van der Waals surface area contributed by atoms with E-state index in [9.17, 15) is 13.2 Å². The molecule has 0 amide bonds. The summed E-state index contributed by atoms with van der Waals surface area (Å²) in [5.41, 5.74) is 0.0404. The van der Waals surface area contributed by atoms with Crippen LogP contribution >= 0.6 is 0 Å². The Morgan fingerprint density at radius 1 is 1.29 bits per heavy atom. The minimum absolute atomic E-state index is 0.154. The van der Waals surface area contributed by atoms with Crippen molar-refractivity contribution >= 4 is 11.0 Å². The van der Waals surface area contributed by atoms with Crippen LogP contribution in [0.15, 0.2) is 12.3 Å². The van der Waals surface area contributed by atoms with Gasteiger partial charge in [0.1, 0.15) is 11.5 Å². The van der Waals surface area contributed by atoms with E-state index in [0.29, 0.717) is 11.0 Å². The second-order valence-electron chi connectivity index (χ2n) is 4.24. The predicted octanol–water partition coefficient (Wildman–Crippen LogP) is 3.11. The van der Waals surface area contributed by atoms with Gasteiger partial charge in [0.15, 0.2) is 0 Å². The summed E-state index contributed by atoms with van der Waals surface area (Å²) in [5.74, 6) is 0.905. The molecule has 0 aliphatic rings. The Balaban J connectivity index is 2.64. The van der Waals surface area contributed by atoms with Gasteiger partial charge in [-0.1, -0.05) is 13.8 Å². The Labute approximate surface area is 96.3 Å². The van der Waals surface area contributed by atoms with Gasteiger partial charge < -0.3 is 4.57 Å². The smallest absolute Gasteiger partial charge is 0.330 e.